The number of hydrogen-bond donors (Lipinski definition) is 0. The molecule has 2 saturated heterocycles. The van der Waals surface area contributed by atoms with E-state index >= 15 is 0 Å². The SMILES string of the molecule is CN1C(=O)CC(CC(=O)N2C[C@H]3C[C@@H](C2)c2cccc(=O)n2C3)(c2ccccc2Cl)C1=O. The second-order valence-electron chi connectivity index (χ2n) is 9.17. The van der Waals surface area contributed by atoms with E-state index in [2.05, 4.69) is 0 Å². The number of fused-ring (bicyclic) bond motifs is 4. The monoisotopic (exact) mass is 453 g/mol. The minimum atomic E-state index is -1.29. The molecule has 2 bridgehead atoms. The van der Waals surface area contributed by atoms with Gasteiger partial charge in [-0.1, -0.05) is 35.9 Å². The van der Waals surface area contributed by atoms with E-state index in [0.29, 0.717) is 30.2 Å². The number of nitrogens with zero attached hydrogens (tertiary/aromatic N) is 3. The topological polar surface area (TPSA) is 79.7 Å². The molecule has 32 heavy (non-hydrogen) atoms. The van der Waals surface area contributed by atoms with Gasteiger partial charge in [0.2, 0.25) is 17.7 Å². The normalized spacial score (nSPS) is 26.9. The molecule has 1 aromatic heterocycles. The van der Waals surface area contributed by atoms with Crippen LogP contribution in [0.1, 0.15) is 36.4 Å². The van der Waals surface area contributed by atoms with Crippen LogP contribution in [0.25, 0.3) is 0 Å². The fourth-order valence-electron chi connectivity index (χ4n) is 5.65. The average Bonchev–Trinajstić information content (AvgIpc) is 2.99. The van der Waals surface area contributed by atoms with E-state index in [1.807, 2.05) is 10.6 Å². The number of amides is 3. The molecule has 3 aliphatic rings. The zero-order valence-electron chi connectivity index (χ0n) is 17.8. The summed E-state index contributed by atoms with van der Waals surface area (Å²) in [7, 11) is 1.45. The maximum absolute atomic E-state index is 13.5. The first-order valence-corrected chi connectivity index (χ1v) is 11.2. The zero-order chi connectivity index (χ0) is 22.6. The number of imide groups is 1. The molecule has 0 radical (unpaired) electrons. The molecule has 1 aromatic carbocycles. The highest BCUT2D eigenvalue weighted by molar-refractivity contribution is 6.32. The highest BCUT2D eigenvalue weighted by Gasteiger charge is 2.54. The van der Waals surface area contributed by atoms with E-state index in [-0.39, 0.29) is 42.1 Å². The van der Waals surface area contributed by atoms with Crippen LogP contribution in [0.2, 0.25) is 5.02 Å². The van der Waals surface area contributed by atoms with Crippen LogP contribution in [-0.2, 0) is 26.3 Å². The minimum Gasteiger partial charge on any atom is -0.342 e. The molecule has 4 heterocycles. The Labute approximate surface area is 190 Å². The Balaban J connectivity index is 1.46. The summed E-state index contributed by atoms with van der Waals surface area (Å²) in [6.07, 6.45) is 0.756. The lowest BCUT2D eigenvalue weighted by Crippen LogP contribution is -2.51. The number of aromatic nitrogens is 1. The molecule has 0 aliphatic carbocycles. The number of benzene rings is 1. The molecule has 0 saturated carbocycles. The van der Waals surface area contributed by atoms with Gasteiger partial charge in [-0.05, 0) is 30.0 Å². The minimum absolute atomic E-state index is 0.00671. The fourth-order valence-corrected chi connectivity index (χ4v) is 5.97. The molecule has 1 unspecified atom stereocenters. The third-order valence-corrected chi connectivity index (χ3v) is 7.55. The van der Waals surface area contributed by atoms with Gasteiger partial charge in [0.05, 0.1) is 5.41 Å². The van der Waals surface area contributed by atoms with Crippen molar-refractivity contribution in [2.45, 2.75) is 37.1 Å². The molecule has 8 heteroatoms. The summed E-state index contributed by atoms with van der Waals surface area (Å²) >= 11 is 6.43. The second kappa shape index (κ2) is 7.59. The Morgan fingerprint density at radius 1 is 1.06 bits per heavy atom. The summed E-state index contributed by atoms with van der Waals surface area (Å²) in [5.74, 6) is -0.599. The summed E-state index contributed by atoms with van der Waals surface area (Å²) in [4.78, 5) is 54.4. The lowest BCUT2D eigenvalue weighted by molar-refractivity contribution is -0.142. The number of likely N-dealkylation sites (N-methyl/N-ethyl adjacent to an activating group) is 1. The lowest BCUT2D eigenvalue weighted by atomic mass is 9.75. The van der Waals surface area contributed by atoms with E-state index in [4.69, 9.17) is 11.6 Å². The maximum Gasteiger partial charge on any atom is 0.250 e. The van der Waals surface area contributed by atoms with Crippen LogP contribution in [-0.4, -0.2) is 52.2 Å². The van der Waals surface area contributed by atoms with Crippen molar-refractivity contribution < 1.29 is 14.4 Å². The Bertz CT molecular complexity index is 1190. The Hall–Kier alpha value is -2.93. The molecule has 2 aromatic rings. The molecule has 3 amide bonds. The van der Waals surface area contributed by atoms with Gasteiger partial charge in [-0.15, -0.1) is 0 Å². The smallest absolute Gasteiger partial charge is 0.250 e. The standard InChI is InChI=1S/C24H24ClN3O4/c1-26-21(30)10-24(23(26)32,17-5-2-3-6-18(17)25)11-22(31)27-12-15-9-16(14-27)19-7-4-8-20(29)28(19)13-15/h2-8,15-16H,9-14H2,1H3/t15-,16+,24?/m1/s1. The van der Waals surface area contributed by atoms with Crippen molar-refractivity contribution in [2.75, 3.05) is 20.1 Å². The molecule has 3 atom stereocenters. The number of carbonyl (C=O) groups is 3. The summed E-state index contributed by atoms with van der Waals surface area (Å²) in [6.45, 7) is 1.62. The molecular formula is C24H24ClN3O4. The highest BCUT2D eigenvalue weighted by Crippen LogP contribution is 2.43. The van der Waals surface area contributed by atoms with Crippen LogP contribution in [0, 0.1) is 5.92 Å². The number of carbonyl (C=O) groups excluding carboxylic acids is 3. The van der Waals surface area contributed by atoms with E-state index in [1.165, 1.54) is 7.05 Å². The third-order valence-electron chi connectivity index (χ3n) is 7.22. The molecule has 2 fully saturated rings. The van der Waals surface area contributed by atoms with Crippen LogP contribution < -0.4 is 5.56 Å². The molecular weight excluding hydrogens is 430 g/mol. The predicted octanol–water partition coefficient (Wildman–Crippen LogP) is 2.16. The molecule has 166 valence electrons. The Kier molecular flexibility index (Phi) is 4.97. The van der Waals surface area contributed by atoms with Gasteiger partial charge >= 0.3 is 0 Å². The van der Waals surface area contributed by atoms with Gasteiger partial charge in [-0.25, -0.2) is 0 Å². The van der Waals surface area contributed by atoms with Crippen LogP contribution in [0.4, 0.5) is 0 Å². The molecule has 7 nitrogen and oxygen atoms in total. The van der Waals surface area contributed by atoms with Gasteiger partial charge in [0.1, 0.15) is 0 Å². The first-order valence-electron chi connectivity index (χ1n) is 10.8. The van der Waals surface area contributed by atoms with E-state index in [0.717, 1.165) is 17.0 Å². The summed E-state index contributed by atoms with van der Waals surface area (Å²) < 4.78 is 1.82. The van der Waals surface area contributed by atoms with Crippen LogP contribution in [0.15, 0.2) is 47.3 Å². The van der Waals surface area contributed by atoms with Crippen molar-refractivity contribution in [1.82, 2.24) is 14.4 Å². The van der Waals surface area contributed by atoms with Gasteiger partial charge in [-0.2, -0.15) is 0 Å². The number of hydrogen-bond acceptors (Lipinski definition) is 4. The molecule has 5 rings (SSSR count). The second-order valence-corrected chi connectivity index (χ2v) is 9.58. The molecule has 0 spiro atoms. The van der Waals surface area contributed by atoms with E-state index in [1.54, 1.807) is 41.3 Å². The van der Waals surface area contributed by atoms with Crippen LogP contribution >= 0.6 is 11.6 Å². The quantitative estimate of drug-likeness (QED) is 0.667. The van der Waals surface area contributed by atoms with Gasteiger partial charge in [0, 0.05) is 62.2 Å². The number of halogens is 1. The van der Waals surface area contributed by atoms with Crippen molar-refractivity contribution in [3.63, 3.8) is 0 Å². The number of piperidine rings is 1. The fraction of sp³-hybridized carbons (Fsp3) is 0.417. The molecule has 0 N–H and O–H groups in total. The highest BCUT2D eigenvalue weighted by atomic mass is 35.5. The van der Waals surface area contributed by atoms with E-state index < -0.39 is 11.3 Å². The number of likely N-dealkylation sites (tertiary alicyclic amines) is 2. The van der Waals surface area contributed by atoms with Gasteiger partial charge in [-0.3, -0.25) is 24.1 Å². The lowest BCUT2D eigenvalue weighted by Gasteiger charge is -2.43. The van der Waals surface area contributed by atoms with Crippen molar-refractivity contribution in [3.8, 4) is 0 Å². The van der Waals surface area contributed by atoms with Gasteiger partial charge in [0.15, 0.2) is 0 Å². The Morgan fingerprint density at radius 2 is 1.84 bits per heavy atom. The first-order chi connectivity index (χ1) is 15.3. The first kappa shape index (κ1) is 20.9. The van der Waals surface area contributed by atoms with E-state index in [9.17, 15) is 19.2 Å². The maximum atomic E-state index is 13.5. The van der Waals surface area contributed by atoms with Crippen LogP contribution in [0.5, 0.6) is 0 Å². The van der Waals surface area contributed by atoms with Gasteiger partial charge < -0.3 is 9.47 Å². The zero-order valence-corrected chi connectivity index (χ0v) is 18.5. The summed E-state index contributed by atoms with van der Waals surface area (Å²) in [6, 6.07) is 12.2. The van der Waals surface area contributed by atoms with Crippen molar-refractivity contribution >= 4 is 29.3 Å². The summed E-state index contributed by atoms with van der Waals surface area (Å²) in [5.41, 5.74) is 0.182. The van der Waals surface area contributed by atoms with Crippen molar-refractivity contribution in [1.29, 1.82) is 0 Å². The largest absolute Gasteiger partial charge is 0.342 e. The predicted molar refractivity (Wildman–Crippen MR) is 118 cm³/mol. The van der Waals surface area contributed by atoms with Crippen molar-refractivity contribution in [2.24, 2.45) is 5.92 Å². The third kappa shape index (κ3) is 3.18. The number of rotatable bonds is 3. The van der Waals surface area contributed by atoms with Gasteiger partial charge in [0.25, 0.3) is 5.56 Å². The number of pyridine rings is 1. The Morgan fingerprint density at radius 3 is 2.56 bits per heavy atom. The summed E-state index contributed by atoms with van der Waals surface area (Å²) in [5, 5.41) is 0.376. The van der Waals surface area contributed by atoms with Crippen molar-refractivity contribution in [3.05, 3.63) is 69.1 Å². The average molecular weight is 454 g/mol. The van der Waals surface area contributed by atoms with Crippen LogP contribution in [0.3, 0.4) is 0 Å². The molecule has 3 aliphatic heterocycles.